The monoisotopic (exact) mass is 410 g/mol. The number of alkyl halides is 3. The molecular weight excluding hydrogens is 400 g/mol. The van der Waals surface area contributed by atoms with Gasteiger partial charge in [-0.2, -0.15) is 0 Å². The summed E-state index contributed by atoms with van der Waals surface area (Å²) >= 11 is 0.587. The molecule has 2 aromatic rings. The second kappa shape index (κ2) is 10.3. The number of carboxylic acid groups (broad SMARTS) is 1. The zero-order valence-corrected chi connectivity index (χ0v) is 17.3. The summed E-state index contributed by atoms with van der Waals surface area (Å²) in [5.41, 5.74) is 0.0123. The average molecular weight is 410 g/mol. The molecule has 0 aliphatic carbocycles. The van der Waals surface area contributed by atoms with Crippen molar-refractivity contribution in [1.29, 1.82) is 0 Å². The van der Waals surface area contributed by atoms with Crippen LogP contribution in [-0.4, -0.2) is 29.0 Å². The van der Waals surface area contributed by atoms with Gasteiger partial charge in [0.1, 0.15) is 10.8 Å². The normalized spacial score (nSPS) is 10.6. The minimum Gasteiger partial charge on any atom is -0.545 e. The molecule has 6 nitrogen and oxygen atoms in total. The number of halogens is 3. The van der Waals surface area contributed by atoms with E-state index >= 15 is 0 Å². The van der Waals surface area contributed by atoms with Gasteiger partial charge in [0.05, 0.1) is 12.5 Å². The molecule has 26 heavy (non-hydrogen) atoms. The fraction of sp³-hybridized carbons (Fsp3) is 0.133. The van der Waals surface area contributed by atoms with Gasteiger partial charge in [-0.3, -0.25) is 4.79 Å². The van der Waals surface area contributed by atoms with Crippen LogP contribution in [0.2, 0.25) is 0 Å². The van der Waals surface area contributed by atoms with Gasteiger partial charge >= 0.3 is 57.7 Å². The third kappa shape index (κ3) is 7.64. The molecule has 0 aliphatic rings. The number of hydrogen-bond donors (Lipinski definition) is 1. The second-order valence-electron chi connectivity index (χ2n) is 4.55. The van der Waals surface area contributed by atoms with Gasteiger partial charge in [-0.15, -0.1) is 13.2 Å². The second-order valence-corrected chi connectivity index (χ2v) is 5.59. The topological polar surface area (TPSA) is 91.3 Å². The van der Waals surface area contributed by atoms with E-state index in [1.165, 1.54) is 30.5 Å². The number of carbonyl (C=O) groups is 2. The van der Waals surface area contributed by atoms with E-state index < -0.39 is 23.2 Å². The van der Waals surface area contributed by atoms with Crippen molar-refractivity contribution in [3.63, 3.8) is 0 Å². The Kier molecular flexibility index (Phi) is 9.06. The first-order chi connectivity index (χ1) is 11.7. The van der Waals surface area contributed by atoms with Crippen molar-refractivity contribution in [3.05, 3.63) is 48.2 Å². The number of nitrogens with one attached hydrogen (secondary N) is 1. The molecule has 132 valence electrons. The van der Waals surface area contributed by atoms with E-state index in [2.05, 4.69) is 15.0 Å². The van der Waals surface area contributed by atoms with Crippen LogP contribution in [0.15, 0.2) is 47.6 Å². The summed E-state index contributed by atoms with van der Waals surface area (Å²) in [5.74, 6) is -1.89. The van der Waals surface area contributed by atoms with Crippen molar-refractivity contribution < 1.29 is 84.0 Å². The van der Waals surface area contributed by atoms with E-state index in [0.29, 0.717) is 11.8 Å². The summed E-state index contributed by atoms with van der Waals surface area (Å²) < 4.78 is 40.3. The maximum atomic E-state index is 12.2. The summed E-state index contributed by atoms with van der Waals surface area (Å²) in [5, 5.41) is 13.1. The van der Waals surface area contributed by atoms with Crippen LogP contribution in [0.5, 0.6) is 5.75 Å². The number of thioether (sulfide) groups is 1. The van der Waals surface area contributed by atoms with Crippen molar-refractivity contribution in [2.24, 2.45) is 0 Å². The number of hydrogen-bond acceptors (Lipinski definition) is 7. The first-order valence-electron chi connectivity index (χ1n) is 6.71. The van der Waals surface area contributed by atoms with Crippen molar-refractivity contribution in [2.75, 3.05) is 11.9 Å². The Hall–Kier alpha value is -1.11. The number of aromatic nitrogens is 1. The molecule has 0 fully saturated rings. The molecule has 0 amide bonds. The molecule has 2 rings (SSSR count). The number of ether oxygens (including phenoxy) is 1. The molecule has 1 aromatic heterocycles. The van der Waals surface area contributed by atoms with Gasteiger partial charge in [0, 0.05) is 23.5 Å². The molecule has 0 radical (unpaired) electrons. The van der Waals surface area contributed by atoms with Crippen LogP contribution < -0.4 is 66.5 Å². The Balaban J connectivity index is 0.00000338. The molecule has 0 saturated heterocycles. The van der Waals surface area contributed by atoms with Crippen molar-refractivity contribution in [1.82, 2.24) is 4.98 Å². The van der Waals surface area contributed by atoms with Gasteiger partial charge < -0.3 is 20.0 Å². The maximum absolute atomic E-state index is 12.2. The van der Waals surface area contributed by atoms with E-state index in [9.17, 15) is 27.9 Å². The average Bonchev–Trinajstić information content (AvgIpc) is 2.52. The smallest absolute Gasteiger partial charge is 0.545 e. The fourth-order valence-electron chi connectivity index (χ4n) is 1.75. The minimum atomic E-state index is -4.81. The van der Waals surface area contributed by atoms with Crippen LogP contribution in [0.1, 0.15) is 10.4 Å². The van der Waals surface area contributed by atoms with E-state index in [1.54, 1.807) is 0 Å². The number of benzene rings is 1. The van der Waals surface area contributed by atoms with Crippen LogP contribution >= 0.6 is 11.8 Å². The molecule has 0 bridgehead atoms. The van der Waals surface area contributed by atoms with E-state index in [1.807, 2.05) is 0 Å². The summed E-state index contributed by atoms with van der Waals surface area (Å²) in [6.07, 6.45) is -3.49. The Labute approximate surface area is 192 Å². The SMILES string of the molecule is O=C(CNc1cccc(OC(F)(F)F)c1)Sc1ncccc1C(=O)[O-].[K+]. The van der Waals surface area contributed by atoms with Crippen LogP contribution in [0.4, 0.5) is 18.9 Å². The quantitative estimate of drug-likeness (QED) is 0.487. The summed E-state index contributed by atoms with van der Waals surface area (Å²) in [6, 6.07) is 7.63. The number of nitrogens with zero attached hydrogens (tertiary/aromatic N) is 1. The summed E-state index contributed by atoms with van der Waals surface area (Å²) in [7, 11) is 0. The van der Waals surface area contributed by atoms with Gasteiger partial charge in [-0.05, 0) is 36.0 Å². The van der Waals surface area contributed by atoms with E-state index in [-0.39, 0.29) is 74.2 Å². The fourth-order valence-corrected chi connectivity index (χ4v) is 2.48. The first kappa shape index (κ1) is 22.9. The van der Waals surface area contributed by atoms with Gasteiger partial charge in [0.15, 0.2) is 0 Å². The zero-order chi connectivity index (χ0) is 18.4. The largest absolute Gasteiger partial charge is 1.00 e. The molecular formula is C15H10F3KN2O4S. The van der Waals surface area contributed by atoms with Crippen molar-refractivity contribution in [2.45, 2.75) is 11.4 Å². The Morgan fingerprint density at radius 2 is 1.96 bits per heavy atom. The number of pyridine rings is 1. The Morgan fingerprint density at radius 1 is 1.23 bits per heavy atom. The van der Waals surface area contributed by atoms with Crippen LogP contribution in [0, 0.1) is 0 Å². The Bertz CT molecular complexity index is 789. The van der Waals surface area contributed by atoms with Gasteiger partial charge in [0.2, 0.25) is 5.12 Å². The molecule has 1 heterocycles. The number of carbonyl (C=O) groups excluding carboxylic acids is 2. The summed E-state index contributed by atoms with van der Waals surface area (Å²) in [4.78, 5) is 26.6. The van der Waals surface area contributed by atoms with E-state index in [0.717, 1.165) is 12.1 Å². The molecule has 1 N–H and O–H groups in total. The third-order valence-electron chi connectivity index (χ3n) is 2.71. The number of carboxylic acids is 1. The molecule has 0 aliphatic heterocycles. The molecule has 0 unspecified atom stereocenters. The number of rotatable bonds is 6. The molecule has 11 heteroatoms. The Morgan fingerprint density at radius 3 is 2.62 bits per heavy atom. The van der Waals surface area contributed by atoms with Crippen LogP contribution in [-0.2, 0) is 4.79 Å². The van der Waals surface area contributed by atoms with Gasteiger partial charge in [-0.1, -0.05) is 6.07 Å². The third-order valence-corrected chi connectivity index (χ3v) is 3.60. The standard InChI is InChI=1S/C15H11F3N2O4S.K/c16-15(17,18)24-10-4-1-3-9(7-10)20-8-12(21)25-13-11(14(22)23)5-2-6-19-13;/h1-7,20H,8H2,(H,22,23);/q;+1/p-1. The molecule has 1 aromatic carbocycles. The van der Waals surface area contributed by atoms with Crippen LogP contribution in [0.3, 0.4) is 0 Å². The molecule has 0 atom stereocenters. The summed E-state index contributed by atoms with van der Waals surface area (Å²) in [6.45, 7) is -0.261. The van der Waals surface area contributed by atoms with Crippen molar-refractivity contribution in [3.8, 4) is 5.75 Å². The van der Waals surface area contributed by atoms with Gasteiger partial charge in [-0.25, -0.2) is 4.98 Å². The van der Waals surface area contributed by atoms with E-state index in [4.69, 9.17) is 0 Å². The molecule has 0 saturated carbocycles. The van der Waals surface area contributed by atoms with Crippen LogP contribution in [0.25, 0.3) is 0 Å². The number of anilines is 1. The first-order valence-corrected chi connectivity index (χ1v) is 7.53. The van der Waals surface area contributed by atoms with Gasteiger partial charge in [0.25, 0.3) is 0 Å². The number of aromatic carboxylic acids is 1. The zero-order valence-electron chi connectivity index (χ0n) is 13.4. The van der Waals surface area contributed by atoms with Crippen molar-refractivity contribution >= 4 is 28.5 Å². The molecule has 0 spiro atoms. The minimum absolute atomic E-state index is 0. The predicted molar refractivity (Wildman–Crippen MR) is 81.0 cm³/mol. The maximum Gasteiger partial charge on any atom is 1.00 e. The predicted octanol–water partition coefficient (Wildman–Crippen LogP) is -0.921.